The van der Waals surface area contributed by atoms with E-state index >= 15 is 0 Å². The number of imide groups is 1. The molecule has 8 heteroatoms. The number of carbonyl (C=O) groups excluding carboxylic acids is 3. The third-order valence-corrected chi connectivity index (χ3v) is 5.72. The van der Waals surface area contributed by atoms with Crippen LogP contribution < -0.4 is 5.32 Å². The van der Waals surface area contributed by atoms with Crippen molar-refractivity contribution >= 4 is 17.7 Å². The molecule has 31 heavy (non-hydrogen) atoms. The van der Waals surface area contributed by atoms with Gasteiger partial charge in [-0.3, -0.25) is 19.3 Å². The molecule has 0 aliphatic carbocycles. The zero-order valence-corrected chi connectivity index (χ0v) is 17.0. The molecule has 1 aromatic heterocycles. The van der Waals surface area contributed by atoms with Crippen molar-refractivity contribution in [3.05, 3.63) is 82.4 Å². The fraction of sp³-hybridized carbons (Fsp3) is 0.261. The maximum Gasteiger partial charge on any atom is 0.261 e. The highest BCUT2D eigenvalue weighted by Gasteiger charge is 2.35. The summed E-state index contributed by atoms with van der Waals surface area (Å²) in [4.78, 5) is 43.5. The largest absolute Gasteiger partial charge is 0.342 e. The summed E-state index contributed by atoms with van der Waals surface area (Å²) in [5.74, 6) is 0.720. The molecule has 1 atom stereocenters. The fourth-order valence-electron chi connectivity index (χ4n) is 4.17. The summed E-state index contributed by atoms with van der Waals surface area (Å²) in [6.07, 6.45) is 1.75. The average Bonchev–Trinajstić information content (AvgIpc) is 3.28. The van der Waals surface area contributed by atoms with E-state index in [1.54, 1.807) is 48.5 Å². The molecule has 3 amide bonds. The summed E-state index contributed by atoms with van der Waals surface area (Å²) >= 11 is 0. The van der Waals surface area contributed by atoms with E-state index in [1.807, 2.05) is 11.6 Å². The number of nitrogens with one attached hydrogen (secondary N) is 1. The number of hydrogen-bond donors (Lipinski definition) is 1. The number of hydrogen-bond acceptors (Lipinski definition) is 5. The minimum atomic E-state index is -0.292. The van der Waals surface area contributed by atoms with E-state index in [9.17, 15) is 14.4 Å². The van der Waals surface area contributed by atoms with Crippen LogP contribution in [0.15, 0.2) is 48.5 Å². The number of nitrogens with zero attached hydrogens (tertiary/aromatic N) is 4. The van der Waals surface area contributed by atoms with Gasteiger partial charge in [-0.2, -0.15) is 5.10 Å². The van der Waals surface area contributed by atoms with E-state index < -0.39 is 0 Å². The van der Waals surface area contributed by atoms with Crippen LogP contribution in [0.25, 0.3) is 0 Å². The quantitative estimate of drug-likeness (QED) is 0.661. The number of aromatic nitrogens is 3. The van der Waals surface area contributed by atoms with E-state index in [-0.39, 0.29) is 30.3 Å². The molecule has 0 saturated heterocycles. The smallest absolute Gasteiger partial charge is 0.261 e. The van der Waals surface area contributed by atoms with Gasteiger partial charge in [0.1, 0.15) is 11.6 Å². The molecule has 2 aliphatic rings. The molecule has 3 heterocycles. The molecule has 0 bridgehead atoms. The Bertz CT molecular complexity index is 1160. The highest BCUT2D eigenvalue weighted by molar-refractivity contribution is 6.21. The lowest BCUT2D eigenvalue weighted by molar-refractivity contribution is 0.0641. The molecular formula is C23H21N5O3. The Kier molecular flexibility index (Phi) is 4.62. The number of carbonyl (C=O) groups is 3. The standard InChI is InChI=1S/C23H21N5O3/c1-14-24-20-19(7-4-12-28(20)26-14)25-21(29)16-10-8-15(9-11-16)13-27-22(30)17-5-2-3-6-18(17)23(27)31/h2-3,5-6,8-11,19H,4,7,12-13H2,1H3,(H,25,29)/t19-/m1/s1. The predicted octanol–water partition coefficient (Wildman–Crippen LogP) is 2.65. The van der Waals surface area contributed by atoms with E-state index in [0.29, 0.717) is 22.5 Å². The first-order valence-corrected chi connectivity index (χ1v) is 10.3. The molecule has 2 aromatic carbocycles. The van der Waals surface area contributed by atoms with Crippen molar-refractivity contribution in [2.45, 2.75) is 38.9 Å². The van der Waals surface area contributed by atoms with Gasteiger partial charge >= 0.3 is 0 Å². The van der Waals surface area contributed by atoms with Crippen LogP contribution >= 0.6 is 0 Å². The van der Waals surface area contributed by atoms with Crippen molar-refractivity contribution in [3.8, 4) is 0 Å². The number of aryl methyl sites for hydroxylation is 2. The third-order valence-electron chi connectivity index (χ3n) is 5.72. The number of amides is 3. The number of fused-ring (bicyclic) bond motifs is 2. The second kappa shape index (κ2) is 7.46. The van der Waals surface area contributed by atoms with Gasteiger partial charge in [-0.1, -0.05) is 24.3 Å². The van der Waals surface area contributed by atoms with Gasteiger partial charge in [0.25, 0.3) is 17.7 Å². The SMILES string of the molecule is Cc1nc2n(n1)CCC[C@H]2NC(=O)c1ccc(CN2C(=O)c3ccccc3C2=O)cc1. The van der Waals surface area contributed by atoms with Crippen molar-refractivity contribution in [2.24, 2.45) is 0 Å². The monoisotopic (exact) mass is 415 g/mol. The Labute approximate surface area is 178 Å². The van der Waals surface area contributed by atoms with Crippen molar-refractivity contribution < 1.29 is 14.4 Å². The summed E-state index contributed by atoms with van der Waals surface area (Å²) in [6.45, 7) is 2.82. The predicted molar refractivity (Wildman–Crippen MR) is 111 cm³/mol. The second-order valence-electron chi connectivity index (χ2n) is 7.85. The summed E-state index contributed by atoms with van der Waals surface area (Å²) in [5, 5.41) is 7.41. The Hall–Kier alpha value is -3.81. The second-order valence-corrected chi connectivity index (χ2v) is 7.85. The molecule has 8 nitrogen and oxygen atoms in total. The van der Waals surface area contributed by atoms with Gasteiger partial charge < -0.3 is 5.32 Å². The van der Waals surface area contributed by atoms with Gasteiger partial charge in [-0.25, -0.2) is 9.67 Å². The van der Waals surface area contributed by atoms with Crippen molar-refractivity contribution in [1.82, 2.24) is 25.0 Å². The summed E-state index contributed by atoms with van der Waals surface area (Å²) in [6, 6.07) is 13.6. The van der Waals surface area contributed by atoms with Gasteiger partial charge in [-0.05, 0) is 49.6 Å². The van der Waals surface area contributed by atoms with Crippen molar-refractivity contribution in [3.63, 3.8) is 0 Å². The van der Waals surface area contributed by atoms with E-state index in [0.717, 1.165) is 30.8 Å². The van der Waals surface area contributed by atoms with Crippen molar-refractivity contribution in [1.29, 1.82) is 0 Å². The van der Waals surface area contributed by atoms with Crippen LogP contribution in [-0.2, 0) is 13.1 Å². The Balaban J connectivity index is 1.27. The highest BCUT2D eigenvalue weighted by Crippen LogP contribution is 2.25. The summed E-state index contributed by atoms with van der Waals surface area (Å²) in [7, 11) is 0. The van der Waals surface area contributed by atoms with E-state index in [1.165, 1.54) is 4.90 Å². The Morgan fingerprint density at radius 2 is 1.74 bits per heavy atom. The maximum atomic E-state index is 12.8. The molecule has 0 spiro atoms. The molecule has 0 fully saturated rings. The van der Waals surface area contributed by atoms with Crippen LogP contribution in [0.5, 0.6) is 0 Å². The van der Waals surface area contributed by atoms with E-state index in [2.05, 4.69) is 15.4 Å². The van der Waals surface area contributed by atoms with Crippen LogP contribution in [-0.4, -0.2) is 37.4 Å². The van der Waals surface area contributed by atoms with Crippen LogP contribution in [0.4, 0.5) is 0 Å². The van der Waals surface area contributed by atoms with Crippen LogP contribution in [0.1, 0.15) is 67.2 Å². The van der Waals surface area contributed by atoms with Crippen LogP contribution in [0.2, 0.25) is 0 Å². The van der Waals surface area contributed by atoms with E-state index in [4.69, 9.17) is 0 Å². The molecule has 0 unspecified atom stereocenters. The van der Waals surface area contributed by atoms with Gasteiger partial charge in [0.2, 0.25) is 0 Å². The highest BCUT2D eigenvalue weighted by atomic mass is 16.2. The molecule has 1 N–H and O–H groups in total. The maximum absolute atomic E-state index is 12.8. The molecule has 2 aliphatic heterocycles. The minimum absolute atomic E-state index is 0.166. The fourth-order valence-corrected chi connectivity index (χ4v) is 4.17. The molecule has 3 aromatic rings. The molecule has 5 rings (SSSR count). The zero-order chi connectivity index (χ0) is 21.5. The third kappa shape index (κ3) is 3.39. The average molecular weight is 415 g/mol. The molecule has 156 valence electrons. The first-order chi connectivity index (χ1) is 15.0. The molecule has 0 radical (unpaired) electrons. The Morgan fingerprint density at radius 1 is 1.06 bits per heavy atom. The van der Waals surface area contributed by atoms with Crippen LogP contribution in [0.3, 0.4) is 0 Å². The topological polar surface area (TPSA) is 97.2 Å². The van der Waals surface area contributed by atoms with Crippen molar-refractivity contribution in [2.75, 3.05) is 0 Å². The summed E-state index contributed by atoms with van der Waals surface area (Å²) < 4.78 is 1.86. The molecular weight excluding hydrogens is 394 g/mol. The van der Waals surface area contributed by atoms with Gasteiger partial charge in [-0.15, -0.1) is 0 Å². The lowest BCUT2D eigenvalue weighted by Crippen LogP contribution is -2.33. The number of rotatable bonds is 4. The van der Waals surface area contributed by atoms with Gasteiger partial charge in [0.15, 0.2) is 0 Å². The van der Waals surface area contributed by atoms with Gasteiger partial charge in [0.05, 0.1) is 23.7 Å². The first-order valence-electron chi connectivity index (χ1n) is 10.3. The van der Waals surface area contributed by atoms with Crippen LogP contribution in [0, 0.1) is 6.92 Å². The minimum Gasteiger partial charge on any atom is -0.342 e. The normalized spacial score (nSPS) is 17.5. The number of benzene rings is 2. The zero-order valence-electron chi connectivity index (χ0n) is 17.0. The first kappa shape index (κ1) is 19.2. The summed E-state index contributed by atoms with van der Waals surface area (Å²) in [5.41, 5.74) is 2.15. The lowest BCUT2D eigenvalue weighted by Gasteiger charge is -2.23. The van der Waals surface area contributed by atoms with Gasteiger partial charge in [0, 0.05) is 12.1 Å². The lowest BCUT2D eigenvalue weighted by atomic mass is 10.1. The molecule has 0 saturated carbocycles. The Morgan fingerprint density at radius 3 is 2.42 bits per heavy atom.